The van der Waals surface area contributed by atoms with E-state index in [1.165, 1.54) is 6.07 Å². The number of carbonyl (C=O) groups excluding carboxylic acids is 2. The first-order valence-electron chi connectivity index (χ1n) is 13.6. The largest absolute Gasteiger partial charge is 0.458 e. The van der Waals surface area contributed by atoms with Crippen LogP contribution in [0.5, 0.6) is 0 Å². The van der Waals surface area contributed by atoms with Gasteiger partial charge in [0.15, 0.2) is 5.60 Å². The van der Waals surface area contributed by atoms with Crippen molar-refractivity contribution in [1.82, 2.24) is 20.2 Å². The maximum absolute atomic E-state index is 15.0. The number of rotatable bonds is 3. The molecule has 0 bridgehead atoms. The first-order chi connectivity index (χ1) is 18.7. The molecule has 1 aliphatic carbocycles. The first kappa shape index (κ1) is 24.4. The Morgan fingerprint density at radius 1 is 1.28 bits per heavy atom. The number of esters is 1. The summed E-state index contributed by atoms with van der Waals surface area (Å²) < 4.78 is 21.8. The predicted molar refractivity (Wildman–Crippen MR) is 139 cm³/mol. The number of aliphatic hydroxyl groups is 1. The average molecular weight is 533 g/mol. The average Bonchev–Trinajstić information content (AvgIpc) is 3.59. The summed E-state index contributed by atoms with van der Waals surface area (Å²) in [6, 6.07) is 2.50. The van der Waals surface area contributed by atoms with Gasteiger partial charge in [-0.05, 0) is 68.3 Å². The van der Waals surface area contributed by atoms with E-state index in [1.54, 1.807) is 24.5 Å². The normalized spacial score (nSPS) is 24.8. The third kappa shape index (κ3) is 3.31. The fourth-order valence-electron chi connectivity index (χ4n) is 6.88. The zero-order chi connectivity index (χ0) is 27.2. The van der Waals surface area contributed by atoms with Crippen LogP contribution in [0.25, 0.3) is 22.3 Å². The molecule has 202 valence electrons. The van der Waals surface area contributed by atoms with Gasteiger partial charge in [0.1, 0.15) is 12.4 Å². The smallest absolute Gasteiger partial charge is 0.343 e. The van der Waals surface area contributed by atoms with Crippen molar-refractivity contribution in [3.63, 3.8) is 0 Å². The van der Waals surface area contributed by atoms with Crippen LogP contribution < -0.4 is 16.2 Å². The molecule has 1 saturated heterocycles. The Morgan fingerprint density at radius 2 is 2.10 bits per heavy atom. The van der Waals surface area contributed by atoms with Gasteiger partial charge in [-0.3, -0.25) is 9.59 Å². The quantitative estimate of drug-likeness (QED) is 0.346. The van der Waals surface area contributed by atoms with Crippen LogP contribution in [-0.4, -0.2) is 39.1 Å². The minimum atomic E-state index is -1.93. The lowest BCUT2D eigenvalue weighted by molar-refractivity contribution is -0.172. The fourth-order valence-corrected chi connectivity index (χ4v) is 6.88. The van der Waals surface area contributed by atoms with Gasteiger partial charge in [0.2, 0.25) is 5.91 Å². The highest BCUT2D eigenvalue weighted by atomic mass is 19.1. The van der Waals surface area contributed by atoms with E-state index < -0.39 is 11.6 Å². The molecule has 2 aromatic heterocycles. The number of pyridine rings is 2. The van der Waals surface area contributed by atoms with E-state index in [4.69, 9.17) is 9.72 Å². The highest BCUT2D eigenvalue weighted by molar-refractivity contribution is 5.94. The van der Waals surface area contributed by atoms with Crippen LogP contribution in [-0.2, 0) is 39.5 Å². The summed E-state index contributed by atoms with van der Waals surface area (Å²) in [5.41, 5.74) is 2.72. The Labute approximate surface area is 223 Å². The number of hydrogen-bond acceptors (Lipinski definition) is 7. The van der Waals surface area contributed by atoms with Crippen LogP contribution >= 0.6 is 0 Å². The zero-order valence-corrected chi connectivity index (χ0v) is 21.8. The van der Waals surface area contributed by atoms with Crippen molar-refractivity contribution in [2.24, 2.45) is 0 Å². The monoisotopic (exact) mass is 532 g/mol. The third-order valence-electron chi connectivity index (χ3n) is 9.07. The molecule has 3 atom stereocenters. The van der Waals surface area contributed by atoms with Crippen molar-refractivity contribution >= 4 is 22.8 Å². The van der Waals surface area contributed by atoms with Gasteiger partial charge in [0.25, 0.3) is 5.56 Å². The SMILES string of the molecule is CC[C@]1(O)C(=O)OCc2c1cc1n(c2=O)Cc2c-1nc1cc(F)c(C)c3c1c2[C@H](NC(=O)[C@H]1CCCN1)CC3. The van der Waals surface area contributed by atoms with Crippen molar-refractivity contribution in [3.8, 4) is 11.4 Å². The number of halogens is 1. The van der Waals surface area contributed by atoms with Crippen LogP contribution in [0.3, 0.4) is 0 Å². The fraction of sp³-hybridized carbons (Fsp3) is 0.448. The first-order valence-corrected chi connectivity index (χ1v) is 13.6. The number of cyclic esters (lactones) is 1. The van der Waals surface area contributed by atoms with Gasteiger partial charge >= 0.3 is 5.97 Å². The number of amides is 1. The Kier molecular flexibility index (Phi) is 5.28. The molecule has 9 nitrogen and oxygen atoms in total. The minimum absolute atomic E-state index is 0.0438. The number of benzene rings is 1. The molecule has 4 aliphatic rings. The molecule has 1 fully saturated rings. The van der Waals surface area contributed by atoms with Crippen LogP contribution in [0.15, 0.2) is 16.9 Å². The number of carbonyl (C=O) groups is 2. The van der Waals surface area contributed by atoms with Crippen LogP contribution in [0, 0.1) is 12.7 Å². The van der Waals surface area contributed by atoms with Crippen LogP contribution in [0.4, 0.5) is 4.39 Å². The molecule has 1 aromatic carbocycles. The summed E-state index contributed by atoms with van der Waals surface area (Å²) in [6.45, 7) is 4.23. The second-order valence-electron chi connectivity index (χ2n) is 11.1. The van der Waals surface area contributed by atoms with Crippen LogP contribution in [0.1, 0.15) is 72.0 Å². The van der Waals surface area contributed by atoms with Crippen molar-refractivity contribution in [2.75, 3.05) is 6.54 Å². The molecule has 0 spiro atoms. The Hall–Kier alpha value is -3.63. The molecule has 5 heterocycles. The highest BCUT2D eigenvalue weighted by Crippen LogP contribution is 2.46. The van der Waals surface area contributed by atoms with E-state index in [-0.39, 0.29) is 60.1 Å². The molecule has 1 amide bonds. The number of fused-ring (bicyclic) bond motifs is 5. The summed E-state index contributed by atoms with van der Waals surface area (Å²) in [6.07, 6.45) is 2.96. The van der Waals surface area contributed by atoms with E-state index in [0.29, 0.717) is 35.3 Å². The molecule has 10 heteroatoms. The maximum atomic E-state index is 15.0. The summed E-state index contributed by atoms with van der Waals surface area (Å²) >= 11 is 0. The topological polar surface area (TPSA) is 123 Å². The van der Waals surface area contributed by atoms with Crippen molar-refractivity contribution in [3.05, 3.63) is 61.7 Å². The molecule has 3 aliphatic heterocycles. The van der Waals surface area contributed by atoms with Crippen molar-refractivity contribution in [2.45, 2.75) is 76.8 Å². The molecule has 7 rings (SSSR count). The number of ether oxygens (including phenoxy) is 1. The highest BCUT2D eigenvalue weighted by Gasteiger charge is 2.46. The summed E-state index contributed by atoms with van der Waals surface area (Å²) in [5.74, 6) is -1.20. The molecule has 0 unspecified atom stereocenters. The number of nitrogens with one attached hydrogen (secondary N) is 2. The lowest BCUT2D eigenvalue weighted by Crippen LogP contribution is -2.44. The van der Waals surface area contributed by atoms with Crippen LogP contribution in [0.2, 0.25) is 0 Å². The number of aryl methyl sites for hydroxylation is 1. The lowest BCUT2D eigenvalue weighted by atomic mass is 9.81. The second kappa shape index (κ2) is 8.43. The van der Waals surface area contributed by atoms with E-state index in [0.717, 1.165) is 41.5 Å². The standard InChI is InChI=1S/C29H29FN4O5/c1-3-29(38)17-9-22-25-15(11-34(22)27(36)16(17)12-39-28(29)37)24-19(33-26(35)20-5-4-8-31-20)7-6-14-13(2)18(30)10-21(32-25)23(14)24/h9-10,19-20,31,38H,3-8,11-12H2,1-2H3,(H,33,35)/t19-,20-,29-/m1/s1. The van der Waals surface area contributed by atoms with Crippen molar-refractivity contribution in [1.29, 1.82) is 0 Å². The van der Waals surface area contributed by atoms with E-state index in [9.17, 15) is 19.5 Å². The summed E-state index contributed by atoms with van der Waals surface area (Å²) in [5, 5.41) is 18.5. The van der Waals surface area contributed by atoms with E-state index in [2.05, 4.69) is 10.6 Å². The van der Waals surface area contributed by atoms with Gasteiger partial charge in [0, 0.05) is 22.6 Å². The van der Waals surface area contributed by atoms with Gasteiger partial charge in [0.05, 0.1) is 41.1 Å². The number of nitrogens with zero attached hydrogens (tertiary/aromatic N) is 2. The summed E-state index contributed by atoms with van der Waals surface area (Å²) in [4.78, 5) is 44.2. The lowest BCUT2D eigenvalue weighted by Gasteiger charge is -2.31. The van der Waals surface area contributed by atoms with Gasteiger partial charge in [-0.25, -0.2) is 14.2 Å². The zero-order valence-electron chi connectivity index (χ0n) is 21.8. The Bertz CT molecular complexity index is 1680. The summed E-state index contributed by atoms with van der Waals surface area (Å²) in [7, 11) is 0. The molecular weight excluding hydrogens is 503 g/mol. The van der Waals surface area contributed by atoms with E-state index >= 15 is 4.39 Å². The third-order valence-corrected chi connectivity index (χ3v) is 9.07. The Balaban J connectivity index is 1.46. The Morgan fingerprint density at radius 3 is 2.85 bits per heavy atom. The van der Waals surface area contributed by atoms with Gasteiger partial charge in [-0.2, -0.15) is 0 Å². The van der Waals surface area contributed by atoms with E-state index in [1.807, 2.05) is 0 Å². The second-order valence-corrected chi connectivity index (χ2v) is 11.1. The molecule has 3 aromatic rings. The molecule has 0 radical (unpaired) electrons. The molecule has 0 saturated carbocycles. The van der Waals surface area contributed by atoms with Crippen molar-refractivity contribution < 1.29 is 23.8 Å². The molecular formula is C29H29FN4O5. The number of aromatic nitrogens is 2. The number of hydrogen-bond donors (Lipinski definition) is 3. The van der Waals surface area contributed by atoms with Gasteiger partial charge < -0.3 is 25.0 Å². The minimum Gasteiger partial charge on any atom is -0.458 e. The molecule has 39 heavy (non-hydrogen) atoms. The van der Waals surface area contributed by atoms with Gasteiger partial charge in [-0.15, -0.1) is 0 Å². The van der Waals surface area contributed by atoms with Gasteiger partial charge in [-0.1, -0.05) is 6.92 Å². The predicted octanol–water partition coefficient (Wildman–Crippen LogP) is 2.38. The maximum Gasteiger partial charge on any atom is 0.343 e. The molecule has 3 N–H and O–H groups in total.